The van der Waals surface area contributed by atoms with Gasteiger partial charge in [0.05, 0.1) is 16.3 Å². The number of hydrogen-bond donors (Lipinski definition) is 1. The highest BCUT2D eigenvalue weighted by atomic mass is 32.2. The molecule has 0 spiro atoms. The molecule has 0 unspecified atom stereocenters. The second-order valence-corrected chi connectivity index (χ2v) is 8.43. The summed E-state index contributed by atoms with van der Waals surface area (Å²) in [6.07, 6.45) is 3.16. The van der Waals surface area contributed by atoms with Gasteiger partial charge in [-0.2, -0.15) is 0 Å². The molecule has 7 nitrogen and oxygen atoms in total. The first-order chi connectivity index (χ1) is 12.0. The predicted octanol–water partition coefficient (Wildman–Crippen LogP) is 2.69. The molecule has 1 aromatic carbocycles. The monoisotopic (exact) mass is 394 g/mol. The number of aliphatic imine (C=N–C) groups is 1. The van der Waals surface area contributed by atoms with Crippen molar-refractivity contribution in [2.75, 3.05) is 17.0 Å². The van der Waals surface area contributed by atoms with Crippen LogP contribution in [0.15, 0.2) is 58.4 Å². The number of amidine groups is 1. The third-order valence-electron chi connectivity index (χ3n) is 3.19. The van der Waals surface area contributed by atoms with Crippen molar-refractivity contribution in [1.29, 1.82) is 0 Å². The molecule has 0 aliphatic carbocycles. The Kier molecular flexibility index (Phi) is 5.21. The zero-order chi connectivity index (χ0) is 17.9. The van der Waals surface area contributed by atoms with Crippen molar-refractivity contribution in [3.63, 3.8) is 0 Å². The van der Waals surface area contributed by atoms with Crippen LogP contribution in [0.1, 0.15) is 0 Å². The fourth-order valence-corrected chi connectivity index (χ4v) is 4.75. The number of aromatic nitrogens is 1. The van der Waals surface area contributed by atoms with Gasteiger partial charge in [0.2, 0.25) is 5.91 Å². The molecule has 3 rings (SSSR count). The van der Waals surface area contributed by atoms with Crippen LogP contribution in [0.4, 0.5) is 10.8 Å². The minimum Gasteiger partial charge on any atom is -0.287 e. The number of amides is 1. The highest BCUT2D eigenvalue weighted by Crippen LogP contribution is 2.25. The van der Waals surface area contributed by atoms with Crippen molar-refractivity contribution in [3.05, 3.63) is 48.5 Å². The smallest absolute Gasteiger partial charge is 0.263 e. The van der Waals surface area contributed by atoms with Crippen LogP contribution in [0.25, 0.3) is 0 Å². The Morgan fingerprint density at radius 2 is 2.12 bits per heavy atom. The van der Waals surface area contributed by atoms with Gasteiger partial charge in [0.25, 0.3) is 10.0 Å². The van der Waals surface area contributed by atoms with Crippen LogP contribution < -0.4 is 4.72 Å². The molecular weight excluding hydrogens is 380 g/mol. The topological polar surface area (TPSA) is 91.7 Å². The third-order valence-corrected chi connectivity index (χ3v) is 6.33. The van der Waals surface area contributed by atoms with Gasteiger partial charge < -0.3 is 0 Å². The molecule has 1 aliphatic rings. The van der Waals surface area contributed by atoms with E-state index in [1.165, 1.54) is 41.4 Å². The van der Waals surface area contributed by atoms with Crippen molar-refractivity contribution >= 4 is 55.0 Å². The Morgan fingerprint density at radius 3 is 2.76 bits per heavy atom. The molecule has 1 amide bonds. The molecule has 10 heteroatoms. The fourth-order valence-electron chi connectivity index (χ4n) is 2.05. The lowest BCUT2D eigenvalue weighted by molar-refractivity contribution is -0.123. The standard InChI is InChI=1S/C15H14N4O3S3/c1-2-8-19-13(20)10-24-15(19)17-11-3-5-12(6-4-11)25(21,22)18-14-16-7-9-23-14/h2-7,9H,1,8,10H2,(H,16,18). The first-order valence-corrected chi connectivity index (χ1v) is 10.5. The molecular formula is C15H14N4O3S3. The number of nitrogens with zero attached hydrogens (tertiary/aromatic N) is 3. The Bertz CT molecular complexity index is 906. The summed E-state index contributed by atoms with van der Waals surface area (Å²) in [5, 5.41) is 2.58. The van der Waals surface area contributed by atoms with Gasteiger partial charge in [-0.25, -0.2) is 18.4 Å². The van der Waals surface area contributed by atoms with E-state index in [2.05, 4.69) is 21.3 Å². The van der Waals surface area contributed by atoms with E-state index in [-0.39, 0.29) is 10.8 Å². The van der Waals surface area contributed by atoms with Crippen LogP contribution in [0.5, 0.6) is 0 Å². The van der Waals surface area contributed by atoms with Crippen LogP contribution in [-0.4, -0.2) is 41.7 Å². The van der Waals surface area contributed by atoms with E-state index in [4.69, 9.17) is 0 Å². The highest BCUT2D eigenvalue weighted by Gasteiger charge is 2.27. The predicted molar refractivity (Wildman–Crippen MR) is 101 cm³/mol. The first-order valence-electron chi connectivity index (χ1n) is 7.15. The van der Waals surface area contributed by atoms with Gasteiger partial charge in [-0.3, -0.25) is 14.4 Å². The van der Waals surface area contributed by atoms with Gasteiger partial charge in [0.1, 0.15) is 0 Å². The number of hydrogen-bond acceptors (Lipinski definition) is 7. The number of thiazole rings is 1. The molecule has 0 bridgehead atoms. The molecule has 2 aromatic rings. The minimum absolute atomic E-state index is 0.0181. The summed E-state index contributed by atoms with van der Waals surface area (Å²) >= 11 is 2.55. The second kappa shape index (κ2) is 7.38. The molecule has 1 fully saturated rings. The summed E-state index contributed by atoms with van der Waals surface area (Å²) in [5.41, 5.74) is 0.569. The van der Waals surface area contributed by atoms with Gasteiger partial charge in [-0.05, 0) is 24.3 Å². The molecule has 0 radical (unpaired) electrons. The van der Waals surface area contributed by atoms with Crippen molar-refractivity contribution < 1.29 is 13.2 Å². The number of anilines is 1. The van der Waals surface area contributed by atoms with Gasteiger partial charge in [0.15, 0.2) is 10.3 Å². The summed E-state index contributed by atoms with van der Waals surface area (Å²) in [4.78, 5) is 21.8. The van der Waals surface area contributed by atoms with E-state index < -0.39 is 10.0 Å². The number of nitrogens with one attached hydrogen (secondary N) is 1. The fraction of sp³-hybridized carbons (Fsp3) is 0.133. The van der Waals surface area contributed by atoms with E-state index in [0.29, 0.717) is 28.3 Å². The average molecular weight is 395 g/mol. The molecule has 1 aromatic heterocycles. The zero-order valence-corrected chi connectivity index (χ0v) is 15.4. The van der Waals surface area contributed by atoms with E-state index in [9.17, 15) is 13.2 Å². The van der Waals surface area contributed by atoms with Crippen LogP contribution in [0.2, 0.25) is 0 Å². The Hall–Kier alpha value is -2.17. The van der Waals surface area contributed by atoms with E-state index in [1.54, 1.807) is 28.5 Å². The van der Waals surface area contributed by atoms with Crippen molar-refractivity contribution in [1.82, 2.24) is 9.88 Å². The summed E-state index contributed by atoms with van der Waals surface area (Å²) in [6, 6.07) is 6.13. The molecule has 130 valence electrons. The van der Waals surface area contributed by atoms with Crippen LogP contribution in [0.3, 0.4) is 0 Å². The number of rotatable bonds is 6. The Labute approximate surface area is 153 Å². The quantitative estimate of drug-likeness (QED) is 0.761. The van der Waals surface area contributed by atoms with Gasteiger partial charge in [0, 0.05) is 18.1 Å². The minimum atomic E-state index is -3.69. The summed E-state index contributed by atoms with van der Waals surface area (Å²) in [7, 11) is -3.69. The van der Waals surface area contributed by atoms with Gasteiger partial charge in [-0.1, -0.05) is 17.8 Å². The summed E-state index contributed by atoms with van der Waals surface area (Å²) in [5.74, 6) is 0.326. The number of carbonyl (C=O) groups is 1. The number of benzene rings is 1. The van der Waals surface area contributed by atoms with E-state index in [0.717, 1.165) is 0 Å². The molecule has 0 atom stereocenters. The van der Waals surface area contributed by atoms with E-state index >= 15 is 0 Å². The maximum atomic E-state index is 12.3. The number of thioether (sulfide) groups is 1. The lowest BCUT2D eigenvalue weighted by atomic mass is 10.3. The van der Waals surface area contributed by atoms with Gasteiger partial charge >= 0.3 is 0 Å². The second-order valence-electron chi connectivity index (χ2n) is 4.91. The maximum Gasteiger partial charge on any atom is 0.263 e. The van der Waals surface area contributed by atoms with Crippen LogP contribution >= 0.6 is 23.1 Å². The van der Waals surface area contributed by atoms with Crippen LogP contribution in [0, 0.1) is 0 Å². The zero-order valence-electron chi connectivity index (χ0n) is 13.0. The number of carbonyl (C=O) groups excluding carboxylic acids is 1. The van der Waals surface area contributed by atoms with Crippen LogP contribution in [-0.2, 0) is 14.8 Å². The first kappa shape index (κ1) is 17.6. The van der Waals surface area contributed by atoms with Crippen molar-refractivity contribution in [2.45, 2.75) is 4.90 Å². The van der Waals surface area contributed by atoms with Crippen molar-refractivity contribution in [3.8, 4) is 0 Å². The molecule has 2 heterocycles. The summed E-state index contributed by atoms with van der Waals surface area (Å²) < 4.78 is 27.0. The Morgan fingerprint density at radius 1 is 1.36 bits per heavy atom. The highest BCUT2D eigenvalue weighted by molar-refractivity contribution is 8.15. The molecule has 1 aliphatic heterocycles. The average Bonchev–Trinajstić information content (AvgIpc) is 3.20. The lowest BCUT2D eigenvalue weighted by Gasteiger charge is -2.13. The molecule has 25 heavy (non-hydrogen) atoms. The van der Waals surface area contributed by atoms with E-state index in [1.807, 2.05) is 0 Å². The Balaban J connectivity index is 1.79. The largest absolute Gasteiger partial charge is 0.287 e. The summed E-state index contributed by atoms with van der Waals surface area (Å²) in [6.45, 7) is 4.03. The number of sulfonamides is 1. The maximum absolute atomic E-state index is 12.3. The van der Waals surface area contributed by atoms with Gasteiger partial charge in [-0.15, -0.1) is 17.9 Å². The molecule has 0 saturated carbocycles. The SMILES string of the molecule is C=CCN1C(=O)CSC1=Nc1ccc(S(=O)(=O)Nc2nccs2)cc1. The lowest BCUT2D eigenvalue weighted by Crippen LogP contribution is -2.29. The molecule has 1 N–H and O–H groups in total. The normalized spacial score (nSPS) is 16.4. The third kappa shape index (κ3) is 4.09. The molecule has 1 saturated heterocycles. The van der Waals surface area contributed by atoms with Crippen molar-refractivity contribution in [2.24, 2.45) is 4.99 Å².